The lowest BCUT2D eigenvalue weighted by molar-refractivity contribution is 0.319. The molecule has 0 heterocycles. The Hall–Kier alpha value is -2.59. The van der Waals surface area contributed by atoms with Crippen LogP contribution in [0.1, 0.15) is 31.9 Å². The maximum atomic E-state index is 12.9. The van der Waals surface area contributed by atoms with Crippen molar-refractivity contribution in [3.63, 3.8) is 0 Å². The molecule has 0 aromatic heterocycles. The Bertz CT molecular complexity index is 1390. The number of ether oxygens (including phenoxy) is 1. The summed E-state index contributed by atoms with van der Waals surface area (Å²) in [7, 11) is -7.82. The van der Waals surface area contributed by atoms with Gasteiger partial charge in [-0.25, -0.2) is 21.6 Å². The summed E-state index contributed by atoms with van der Waals surface area (Å²) >= 11 is 6.14. The van der Waals surface area contributed by atoms with Gasteiger partial charge in [0, 0.05) is 17.0 Å². The van der Waals surface area contributed by atoms with Gasteiger partial charge in [-0.1, -0.05) is 60.1 Å². The lowest BCUT2D eigenvalue weighted by atomic mass is 10.1. The van der Waals surface area contributed by atoms with Gasteiger partial charge in [0.1, 0.15) is 10.6 Å². The van der Waals surface area contributed by atoms with Crippen LogP contribution >= 0.6 is 11.6 Å². The van der Waals surface area contributed by atoms with Crippen LogP contribution in [0.5, 0.6) is 5.75 Å². The summed E-state index contributed by atoms with van der Waals surface area (Å²) in [6.07, 6.45) is 0.850. The van der Waals surface area contributed by atoms with Gasteiger partial charge in [0.25, 0.3) is 0 Å². The third-order valence-electron chi connectivity index (χ3n) is 5.04. The van der Waals surface area contributed by atoms with Gasteiger partial charge in [-0.05, 0) is 62.6 Å². The van der Waals surface area contributed by atoms with Gasteiger partial charge in [0.15, 0.2) is 0 Å². The molecule has 194 valence electrons. The molecule has 0 bridgehead atoms. The zero-order valence-corrected chi connectivity index (χ0v) is 22.9. The molecule has 0 aliphatic carbocycles. The topological polar surface area (TPSA) is 102 Å². The number of rotatable bonds is 11. The molecular formula is C26H31ClN2O5S2. The van der Waals surface area contributed by atoms with Crippen molar-refractivity contribution in [3.05, 3.63) is 88.9 Å². The molecule has 3 rings (SSSR count). The number of aryl methyl sites for hydroxylation is 1. The SMILES string of the molecule is CC(C)(C)NS(=O)(=O)c1ccccc1NS(=O)(=O)CCc1ccc(Cl)cc1OCCc1ccccc1. The molecule has 36 heavy (non-hydrogen) atoms. The minimum Gasteiger partial charge on any atom is -0.493 e. The van der Waals surface area contributed by atoms with Gasteiger partial charge in [0.05, 0.1) is 18.0 Å². The molecule has 2 N–H and O–H groups in total. The van der Waals surface area contributed by atoms with Crippen molar-refractivity contribution in [1.29, 1.82) is 0 Å². The maximum absolute atomic E-state index is 12.9. The number of sulfonamides is 2. The van der Waals surface area contributed by atoms with Crippen LogP contribution in [-0.4, -0.2) is 34.7 Å². The zero-order chi connectivity index (χ0) is 26.4. The average molecular weight is 551 g/mol. The average Bonchev–Trinajstić information content (AvgIpc) is 2.78. The van der Waals surface area contributed by atoms with Gasteiger partial charge in [-0.15, -0.1) is 0 Å². The van der Waals surface area contributed by atoms with E-state index in [1.54, 1.807) is 51.1 Å². The smallest absolute Gasteiger partial charge is 0.243 e. The Balaban J connectivity index is 1.71. The van der Waals surface area contributed by atoms with E-state index in [9.17, 15) is 16.8 Å². The highest BCUT2D eigenvalue weighted by atomic mass is 35.5. The Kier molecular flexibility index (Phi) is 9.05. The minimum absolute atomic E-state index is 0.00955. The molecule has 0 unspecified atom stereocenters. The maximum Gasteiger partial charge on any atom is 0.243 e. The molecule has 0 radical (unpaired) electrons. The first kappa shape index (κ1) is 28.0. The van der Waals surface area contributed by atoms with E-state index >= 15 is 0 Å². The molecule has 0 spiro atoms. The van der Waals surface area contributed by atoms with E-state index in [0.29, 0.717) is 29.4 Å². The Morgan fingerprint density at radius 3 is 2.22 bits per heavy atom. The summed E-state index contributed by atoms with van der Waals surface area (Å²) in [5.74, 6) is 0.246. The molecule has 0 aliphatic rings. The molecular weight excluding hydrogens is 520 g/mol. The third-order valence-corrected chi connectivity index (χ3v) is 8.37. The molecule has 3 aromatic rings. The van der Waals surface area contributed by atoms with Crippen LogP contribution in [-0.2, 0) is 32.9 Å². The van der Waals surface area contributed by atoms with Gasteiger partial charge in [-0.2, -0.15) is 0 Å². The molecule has 3 aromatic carbocycles. The van der Waals surface area contributed by atoms with Crippen molar-refractivity contribution >= 4 is 37.3 Å². The highest BCUT2D eigenvalue weighted by Crippen LogP contribution is 2.26. The summed E-state index contributed by atoms with van der Waals surface area (Å²) in [4.78, 5) is -0.139. The number of halogens is 1. The highest BCUT2D eigenvalue weighted by Gasteiger charge is 2.26. The lowest BCUT2D eigenvalue weighted by Crippen LogP contribution is -2.40. The first-order chi connectivity index (χ1) is 16.8. The molecule has 0 atom stereocenters. The third kappa shape index (κ3) is 8.51. The summed E-state index contributed by atoms with van der Waals surface area (Å²) in [5.41, 5.74) is 1.08. The number of para-hydroxylation sites is 1. The fourth-order valence-corrected chi connectivity index (χ4v) is 6.41. The summed E-state index contributed by atoms with van der Waals surface area (Å²) in [6, 6.07) is 20.9. The van der Waals surface area contributed by atoms with E-state index in [1.807, 2.05) is 30.3 Å². The van der Waals surface area contributed by atoms with Crippen LogP contribution in [0.2, 0.25) is 5.02 Å². The first-order valence-corrected chi connectivity index (χ1v) is 14.9. The molecule has 0 saturated heterocycles. The van der Waals surface area contributed by atoms with E-state index in [2.05, 4.69) is 9.44 Å². The fourth-order valence-electron chi connectivity index (χ4n) is 3.50. The van der Waals surface area contributed by atoms with E-state index in [4.69, 9.17) is 16.3 Å². The predicted molar refractivity (Wildman–Crippen MR) is 145 cm³/mol. The monoisotopic (exact) mass is 550 g/mol. The second-order valence-electron chi connectivity index (χ2n) is 9.36. The predicted octanol–water partition coefficient (Wildman–Crippen LogP) is 5.02. The minimum atomic E-state index is -3.94. The van der Waals surface area contributed by atoms with Crippen molar-refractivity contribution in [2.45, 2.75) is 44.0 Å². The molecule has 0 fully saturated rings. The van der Waals surface area contributed by atoms with Gasteiger partial charge in [0.2, 0.25) is 20.0 Å². The second kappa shape index (κ2) is 11.6. The van der Waals surface area contributed by atoms with E-state index in [1.165, 1.54) is 12.1 Å². The molecule has 10 heteroatoms. The van der Waals surface area contributed by atoms with Crippen LogP contribution in [0, 0.1) is 0 Å². The molecule has 0 saturated carbocycles. The van der Waals surface area contributed by atoms with Gasteiger partial charge >= 0.3 is 0 Å². The van der Waals surface area contributed by atoms with Crippen LogP contribution in [0.15, 0.2) is 77.7 Å². The second-order valence-corrected chi connectivity index (χ2v) is 13.3. The summed E-state index contributed by atoms with van der Waals surface area (Å²) in [6.45, 7) is 5.54. The van der Waals surface area contributed by atoms with Crippen molar-refractivity contribution in [2.24, 2.45) is 0 Å². The van der Waals surface area contributed by atoms with Crippen LogP contribution in [0.4, 0.5) is 5.69 Å². The highest BCUT2D eigenvalue weighted by molar-refractivity contribution is 7.93. The largest absolute Gasteiger partial charge is 0.493 e. The molecule has 0 amide bonds. The number of nitrogens with one attached hydrogen (secondary N) is 2. The number of anilines is 1. The van der Waals surface area contributed by atoms with E-state index in [0.717, 1.165) is 5.56 Å². The van der Waals surface area contributed by atoms with Crippen molar-refractivity contribution < 1.29 is 21.6 Å². The molecule has 7 nitrogen and oxygen atoms in total. The van der Waals surface area contributed by atoms with E-state index in [-0.39, 0.29) is 22.8 Å². The standard InChI is InChI=1S/C26H31ClN2O5S2/c1-26(2,3)29-36(32,33)25-12-8-7-11-23(25)28-35(30,31)18-16-21-13-14-22(27)19-24(21)34-17-15-20-9-5-4-6-10-20/h4-14,19,28-29H,15-18H2,1-3H3. The van der Waals surface area contributed by atoms with Gasteiger partial charge < -0.3 is 4.74 Å². The van der Waals surface area contributed by atoms with E-state index < -0.39 is 25.6 Å². The van der Waals surface area contributed by atoms with Crippen molar-refractivity contribution in [2.75, 3.05) is 17.1 Å². The quantitative estimate of drug-likeness (QED) is 0.349. The Labute approximate surface area is 219 Å². The number of hydrogen-bond donors (Lipinski definition) is 2. The van der Waals surface area contributed by atoms with Gasteiger partial charge in [-0.3, -0.25) is 4.72 Å². The summed E-state index contributed by atoms with van der Waals surface area (Å²) in [5, 5.41) is 0.486. The van der Waals surface area contributed by atoms with Crippen molar-refractivity contribution in [1.82, 2.24) is 4.72 Å². The number of hydrogen-bond acceptors (Lipinski definition) is 5. The first-order valence-electron chi connectivity index (χ1n) is 11.4. The van der Waals surface area contributed by atoms with Crippen LogP contribution in [0.25, 0.3) is 0 Å². The van der Waals surface area contributed by atoms with Crippen LogP contribution < -0.4 is 14.2 Å². The number of benzene rings is 3. The Morgan fingerprint density at radius 2 is 1.53 bits per heavy atom. The normalized spacial score (nSPS) is 12.3. The van der Waals surface area contributed by atoms with Crippen LogP contribution in [0.3, 0.4) is 0 Å². The molecule has 0 aliphatic heterocycles. The summed E-state index contributed by atoms with van der Waals surface area (Å²) < 4.78 is 62.4. The Morgan fingerprint density at radius 1 is 0.861 bits per heavy atom. The fraction of sp³-hybridized carbons (Fsp3) is 0.308. The zero-order valence-electron chi connectivity index (χ0n) is 20.5. The van der Waals surface area contributed by atoms with Crippen molar-refractivity contribution in [3.8, 4) is 5.75 Å². The lowest BCUT2D eigenvalue weighted by Gasteiger charge is -2.21.